The third-order valence-electron chi connectivity index (χ3n) is 2.28. The van der Waals surface area contributed by atoms with Crippen molar-refractivity contribution in [2.24, 2.45) is 5.92 Å². The van der Waals surface area contributed by atoms with Gasteiger partial charge in [-0.2, -0.15) is 0 Å². The normalized spacial score (nSPS) is 26.5. The van der Waals surface area contributed by atoms with Crippen molar-refractivity contribution in [2.75, 3.05) is 0 Å². The highest BCUT2D eigenvalue weighted by molar-refractivity contribution is 7.99. The fourth-order valence-electron chi connectivity index (χ4n) is 1.39. The first kappa shape index (κ1) is 8.75. The van der Waals surface area contributed by atoms with Crippen LogP contribution in [-0.4, -0.2) is 15.2 Å². The van der Waals surface area contributed by atoms with Crippen LogP contribution in [0, 0.1) is 5.92 Å². The van der Waals surface area contributed by atoms with Gasteiger partial charge in [-0.25, -0.2) is 9.97 Å². The molecule has 68 valence electrons. The lowest BCUT2D eigenvalue weighted by molar-refractivity contribution is 0.403. The number of aromatic nitrogens is 2. The molecule has 0 saturated heterocycles. The first-order chi connectivity index (χ1) is 6.38. The highest BCUT2D eigenvalue weighted by atomic mass is 32.2. The maximum Gasteiger partial charge on any atom is 0.187 e. The summed E-state index contributed by atoms with van der Waals surface area (Å²) in [6.07, 6.45) is 8.08. The van der Waals surface area contributed by atoms with Crippen molar-refractivity contribution in [1.82, 2.24) is 9.97 Å². The van der Waals surface area contributed by atoms with Gasteiger partial charge in [-0.3, -0.25) is 0 Å². The summed E-state index contributed by atoms with van der Waals surface area (Å²) in [5.41, 5.74) is 0. The zero-order chi connectivity index (χ0) is 9.10. The first-order valence-corrected chi connectivity index (χ1v) is 5.32. The molecule has 1 aliphatic rings. The molecule has 1 fully saturated rings. The molecule has 1 heterocycles. The van der Waals surface area contributed by atoms with E-state index in [1.807, 2.05) is 12.1 Å². The first-order valence-electron chi connectivity index (χ1n) is 4.44. The van der Waals surface area contributed by atoms with E-state index < -0.39 is 0 Å². The molecule has 1 saturated carbocycles. The highest BCUT2D eigenvalue weighted by Crippen LogP contribution is 2.39. The fourth-order valence-corrected chi connectivity index (χ4v) is 2.62. The number of allylic oxidation sites excluding steroid dienone is 1. The Morgan fingerprint density at radius 2 is 2.08 bits per heavy atom. The molecule has 3 heteroatoms. The van der Waals surface area contributed by atoms with E-state index in [9.17, 15) is 0 Å². The summed E-state index contributed by atoms with van der Waals surface area (Å²) in [7, 11) is 0. The van der Waals surface area contributed by atoms with Gasteiger partial charge in [0.15, 0.2) is 5.16 Å². The topological polar surface area (TPSA) is 25.8 Å². The fraction of sp³-hybridized carbons (Fsp3) is 0.400. The summed E-state index contributed by atoms with van der Waals surface area (Å²) in [5.74, 6) is 0.723. The van der Waals surface area contributed by atoms with Crippen LogP contribution in [0.1, 0.15) is 12.8 Å². The summed E-state index contributed by atoms with van der Waals surface area (Å²) in [5, 5.41) is 1.60. The molecule has 0 aromatic carbocycles. The number of rotatable bonds is 3. The molecule has 0 aliphatic heterocycles. The molecule has 0 spiro atoms. The van der Waals surface area contributed by atoms with Crippen LogP contribution in [0.15, 0.2) is 36.3 Å². The van der Waals surface area contributed by atoms with Crippen molar-refractivity contribution >= 4 is 11.8 Å². The second-order valence-corrected chi connectivity index (χ2v) is 4.51. The van der Waals surface area contributed by atoms with E-state index >= 15 is 0 Å². The standard InChI is InChI=1S/C10H12N2S/c1-2-8-6-9(7-8)13-10-11-4-3-5-12-10/h2-5,8-9H,1,6-7H2. The molecule has 1 aromatic heterocycles. The van der Waals surface area contributed by atoms with Gasteiger partial charge in [-0.15, -0.1) is 6.58 Å². The van der Waals surface area contributed by atoms with Crippen molar-refractivity contribution < 1.29 is 0 Å². The molecule has 0 bridgehead atoms. The average Bonchev–Trinajstić information content (AvgIpc) is 2.12. The van der Waals surface area contributed by atoms with E-state index in [0.29, 0.717) is 5.25 Å². The summed E-state index contributed by atoms with van der Waals surface area (Å²) in [4.78, 5) is 8.35. The minimum absolute atomic E-state index is 0.699. The Morgan fingerprint density at radius 3 is 2.69 bits per heavy atom. The SMILES string of the molecule is C=CC1CC(Sc2ncccn2)C1. The summed E-state index contributed by atoms with van der Waals surface area (Å²) < 4.78 is 0. The lowest BCUT2D eigenvalue weighted by Gasteiger charge is -2.31. The van der Waals surface area contributed by atoms with Crippen LogP contribution in [0.3, 0.4) is 0 Å². The van der Waals surface area contributed by atoms with Gasteiger partial charge < -0.3 is 0 Å². The molecular weight excluding hydrogens is 180 g/mol. The van der Waals surface area contributed by atoms with Crippen LogP contribution >= 0.6 is 11.8 Å². The number of thioether (sulfide) groups is 1. The Bertz CT molecular complexity index is 280. The van der Waals surface area contributed by atoms with Gasteiger partial charge in [0.2, 0.25) is 0 Å². The zero-order valence-corrected chi connectivity index (χ0v) is 8.20. The van der Waals surface area contributed by atoms with Crippen LogP contribution in [0.25, 0.3) is 0 Å². The summed E-state index contributed by atoms with van der Waals surface area (Å²) >= 11 is 1.78. The molecule has 1 aliphatic carbocycles. The van der Waals surface area contributed by atoms with E-state index in [4.69, 9.17) is 0 Å². The number of hydrogen-bond acceptors (Lipinski definition) is 3. The predicted molar refractivity (Wildman–Crippen MR) is 54.6 cm³/mol. The summed E-state index contributed by atoms with van der Waals surface area (Å²) in [6.45, 7) is 3.78. The second kappa shape index (κ2) is 3.92. The predicted octanol–water partition coefficient (Wildman–Crippen LogP) is 2.53. The van der Waals surface area contributed by atoms with Crippen LogP contribution < -0.4 is 0 Å². The lowest BCUT2D eigenvalue weighted by atomic mass is 9.85. The zero-order valence-electron chi connectivity index (χ0n) is 7.39. The van der Waals surface area contributed by atoms with Crippen molar-refractivity contribution in [3.8, 4) is 0 Å². The molecule has 0 amide bonds. The molecule has 1 aromatic rings. The van der Waals surface area contributed by atoms with Gasteiger partial charge >= 0.3 is 0 Å². The molecular formula is C10H12N2S. The maximum atomic E-state index is 4.18. The van der Waals surface area contributed by atoms with Gasteiger partial charge in [0.1, 0.15) is 0 Å². The lowest BCUT2D eigenvalue weighted by Crippen LogP contribution is -2.24. The smallest absolute Gasteiger partial charge is 0.187 e. The molecule has 0 unspecified atom stereocenters. The van der Waals surface area contributed by atoms with E-state index in [1.165, 1.54) is 12.8 Å². The molecule has 0 radical (unpaired) electrons. The van der Waals surface area contributed by atoms with Crippen molar-refractivity contribution in [2.45, 2.75) is 23.2 Å². The van der Waals surface area contributed by atoms with E-state index in [1.54, 1.807) is 24.2 Å². The second-order valence-electron chi connectivity index (χ2n) is 3.24. The van der Waals surface area contributed by atoms with Gasteiger partial charge in [-0.05, 0) is 24.8 Å². The van der Waals surface area contributed by atoms with Gasteiger partial charge in [-0.1, -0.05) is 17.8 Å². The van der Waals surface area contributed by atoms with E-state index in [0.717, 1.165) is 11.1 Å². The van der Waals surface area contributed by atoms with Crippen molar-refractivity contribution in [1.29, 1.82) is 0 Å². The van der Waals surface area contributed by atoms with Crippen LogP contribution in [0.5, 0.6) is 0 Å². The minimum atomic E-state index is 0.699. The van der Waals surface area contributed by atoms with E-state index in [2.05, 4.69) is 16.5 Å². The highest BCUT2D eigenvalue weighted by Gasteiger charge is 2.27. The monoisotopic (exact) mass is 192 g/mol. The molecule has 0 atom stereocenters. The van der Waals surface area contributed by atoms with E-state index in [-0.39, 0.29) is 0 Å². The Balaban J connectivity index is 1.84. The molecule has 2 nitrogen and oxygen atoms in total. The van der Waals surface area contributed by atoms with Gasteiger partial charge in [0.05, 0.1) is 0 Å². The minimum Gasteiger partial charge on any atom is -0.231 e. The van der Waals surface area contributed by atoms with Crippen molar-refractivity contribution in [3.05, 3.63) is 31.1 Å². The molecule has 2 rings (SSSR count). The van der Waals surface area contributed by atoms with Crippen LogP contribution in [0.2, 0.25) is 0 Å². The maximum absolute atomic E-state index is 4.18. The Hall–Kier alpha value is -0.830. The summed E-state index contributed by atoms with van der Waals surface area (Å²) in [6, 6.07) is 1.84. The van der Waals surface area contributed by atoms with Crippen LogP contribution in [0.4, 0.5) is 0 Å². The third kappa shape index (κ3) is 2.10. The largest absolute Gasteiger partial charge is 0.231 e. The van der Waals surface area contributed by atoms with Crippen LogP contribution in [-0.2, 0) is 0 Å². The quantitative estimate of drug-likeness (QED) is 0.543. The number of hydrogen-bond donors (Lipinski definition) is 0. The third-order valence-corrected chi connectivity index (χ3v) is 3.42. The Kier molecular flexibility index (Phi) is 2.64. The molecule has 0 N–H and O–H groups in total. The average molecular weight is 192 g/mol. The molecule has 13 heavy (non-hydrogen) atoms. The van der Waals surface area contributed by atoms with Gasteiger partial charge in [0, 0.05) is 17.6 Å². The van der Waals surface area contributed by atoms with Crippen molar-refractivity contribution in [3.63, 3.8) is 0 Å². The van der Waals surface area contributed by atoms with Gasteiger partial charge in [0.25, 0.3) is 0 Å². The number of nitrogens with zero attached hydrogens (tertiary/aromatic N) is 2. The Labute approximate surface area is 82.5 Å². The Morgan fingerprint density at radius 1 is 1.38 bits per heavy atom.